The normalized spacial score (nSPS) is 10.1. The molecule has 8 nitrogen and oxygen atoms in total. The van der Waals surface area contributed by atoms with Gasteiger partial charge in [-0.15, -0.1) is 0 Å². The zero-order valence-corrected chi connectivity index (χ0v) is 16.4. The van der Waals surface area contributed by atoms with Crippen LogP contribution in [-0.2, 0) is 14.2 Å². The number of anilines is 1. The third-order valence-corrected chi connectivity index (χ3v) is 3.41. The lowest BCUT2D eigenvalue weighted by atomic mass is 10.2. The number of benzene rings is 2. The molecule has 0 radical (unpaired) electrons. The highest BCUT2D eigenvalue weighted by atomic mass is 16.6. The first-order chi connectivity index (χ1) is 14.1. The molecule has 0 amide bonds. The van der Waals surface area contributed by atoms with Crippen LogP contribution in [0.25, 0.3) is 0 Å². The molecule has 0 heterocycles. The predicted octanol–water partition coefficient (Wildman–Crippen LogP) is 2.07. The number of carboxylic acid groups (broad SMARTS) is 1. The van der Waals surface area contributed by atoms with Crippen LogP contribution in [0.5, 0.6) is 5.75 Å². The van der Waals surface area contributed by atoms with Crippen molar-refractivity contribution in [2.24, 2.45) is 0 Å². The Bertz CT molecular complexity index is 667. The number of carbonyl (C=O) groups is 1. The molecule has 2 aromatic carbocycles. The third-order valence-electron chi connectivity index (χ3n) is 3.41. The molecule has 0 bridgehead atoms. The molecule has 0 aliphatic carbocycles. The second kappa shape index (κ2) is 16.3. The summed E-state index contributed by atoms with van der Waals surface area (Å²) in [5, 5.41) is 17.0. The van der Waals surface area contributed by atoms with E-state index in [4.69, 9.17) is 34.9 Å². The molecule has 0 aliphatic rings. The summed E-state index contributed by atoms with van der Waals surface area (Å²) in [6.07, 6.45) is 0. The van der Waals surface area contributed by atoms with E-state index in [-0.39, 0.29) is 12.2 Å². The van der Waals surface area contributed by atoms with Crippen molar-refractivity contribution in [1.82, 2.24) is 0 Å². The molecule has 2 aromatic rings. The highest BCUT2D eigenvalue weighted by Gasteiger charge is 2.03. The summed E-state index contributed by atoms with van der Waals surface area (Å²) in [6, 6.07) is 16.0. The van der Waals surface area contributed by atoms with Crippen molar-refractivity contribution in [3.63, 3.8) is 0 Å². The summed E-state index contributed by atoms with van der Waals surface area (Å²) >= 11 is 0. The number of nitrogens with two attached hydrogens (primary N) is 1. The lowest BCUT2D eigenvalue weighted by Crippen LogP contribution is -2.13. The highest BCUT2D eigenvalue weighted by Crippen LogP contribution is 2.09. The Balaban J connectivity index is 0.000000352. The van der Waals surface area contributed by atoms with Crippen molar-refractivity contribution in [2.75, 3.05) is 58.6 Å². The Morgan fingerprint density at radius 2 is 1.28 bits per heavy atom. The zero-order chi connectivity index (χ0) is 21.2. The van der Waals surface area contributed by atoms with Crippen LogP contribution in [0.15, 0.2) is 54.6 Å². The van der Waals surface area contributed by atoms with Gasteiger partial charge >= 0.3 is 5.97 Å². The molecule has 0 unspecified atom stereocenters. The van der Waals surface area contributed by atoms with Crippen LogP contribution >= 0.6 is 0 Å². The Labute approximate surface area is 170 Å². The summed E-state index contributed by atoms with van der Waals surface area (Å²) < 4.78 is 21.1. The van der Waals surface area contributed by atoms with E-state index in [2.05, 4.69) is 0 Å². The van der Waals surface area contributed by atoms with Crippen LogP contribution in [0.4, 0.5) is 5.69 Å². The van der Waals surface area contributed by atoms with Gasteiger partial charge in [0, 0.05) is 5.69 Å². The van der Waals surface area contributed by atoms with Crippen LogP contribution in [0, 0.1) is 0 Å². The molecule has 0 aromatic heterocycles. The van der Waals surface area contributed by atoms with Crippen LogP contribution < -0.4 is 10.5 Å². The van der Waals surface area contributed by atoms with Gasteiger partial charge in [0.25, 0.3) is 0 Å². The van der Waals surface area contributed by atoms with Gasteiger partial charge in [-0.3, -0.25) is 0 Å². The van der Waals surface area contributed by atoms with E-state index in [1.165, 1.54) is 6.07 Å². The Morgan fingerprint density at radius 3 is 1.79 bits per heavy atom. The standard InChI is InChI=1S/C14H22O5.C7H7NO2/c15-6-7-16-8-9-17-10-11-18-12-13-19-14-4-2-1-3-5-14;8-6-4-2-1-3-5(6)7(9)10/h1-5,15H,6-13H2;1-4H,8H2,(H,9,10). The van der Waals surface area contributed by atoms with Gasteiger partial charge in [-0.2, -0.15) is 0 Å². The van der Waals surface area contributed by atoms with E-state index in [1.54, 1.807) is 18.2 Å². The van der Waals surface area contributed by atoms with Crippen LogP contribution in [0.1, 0.15) is 10.4 Å². The van der Waals surface area contributed by atoms with Crippen molar-refractivity contribution in [3.8, 4) is 5.75 Å². The summed E-state index contributed by atoms with van der Waals surface area (Å²) in [7, 11) is 0. The van der Waals surface area contributed by atoms with Gasteiger partial charge in [-0.1, -0.05) is 30.3 Å². The van der Waals surface area contributed by atoms with Crippen molar-refractivity contribution in [1.29, 1.82) is 0 Å². The van der Waals surface area contributed by atoms with Crippen molar-refractivity contribution >= 4 is 11.7 Å². The maximum absolute atomic E-state index is 10.3. The van der Waals surface area contributed by atoms with Crippen LogP contribution in [-0.4, -0.2) is 69.0 Å². The van der Waals surface area contributed by atoms with Gasteiger partial charge in [0.2, 0.25) is 0 Å². The number of hydrogen-bond acceptors (Lipinski definition) is 7. The predicted molar refractivity (Wildman–Crippen MR) is 109 cm³/mol. The molecule has 2 rings (SSSR count). The summed E-state index contributed by atoms with van der Waals surface area (Å²) in [5.74, 6) is -0.138. The first-order valence-corrected chi connectivity index (χ1v) is 9.25. The van der Waals surface area contributed by atoms with E-state index >= 15 is 0 Å². The Kier molecular flexibility index (Phi) is 13.7. The molecule has 0 spiro atoms. The second-order valence-corrected chi connectivity index (χ2v) is 5.61. The maximum Gasteiger partial charge on any atom is 0.337 e. The number of carboxylic acids is 1. The van der Waals surface area contributed by atoms with Crippen LogP contribution in [0.3, 0.4) is 0 Å². The van der Waals surface area contributed by atoms with E-state index in [0.29, 0.717) is 51.9 Å². The number of ether oxygens (including phenoxy) is 4. The summed E-state index contributed by atoms with van der Waals surface area (Å²) in [4.78, 5) is 10.3. The number of rotatable bonds is 13. The number of aromatic carboxylic acids is 1. The SMILES string of the molecule is Nc1ccccc1C(=O)O.OCCOCCOCCOCCOc1ccccc1. The Morgan fingerprint density at radius 1 is 0.759 bits per heavy atom. The summed E-state index contributed by atoms with van der Waals surface area (Å²) in [5.41, 5.74) is 5.80. The fraction of sp³-hybridized carbons (Fsp3) is 0.381. The van der Waals surface area contributed by atoms with Gasteiger partial charge < -0.3 is 34.9 Å². The number of hydrogen-bond donors (Lipinski definition) is 3. The van der Waals surface area contributed by atoms with E-state index in [1.807, 2.05) is 30.3 Å². The Hall–Kier alpha value is -2.65. The van der Waals surface area contributed by atoms with E-state index in [0.717, 1.165) is 5.75 Å². The third kappa shape index (κ3) is 12.4. The molecule has 0 atom stereocenters. The van der Waals surface area contributed by atoms with Gasteiger partial charge in [0.1, 0.15) is 12.4 Å². The van der Waals surface area contributed by atoms with E-state index in [9.17, 15) is 4.79 Å². The average Bonchev–Trinajstić information content (AvgIpc) is 2.73. The van der Waals surface area contributed by atoms with Gasteiger partial charge in [0.15, 0.2) is 0 Å². The zero-order valence-electron chi connectivity index (χ0n) is 16.4. The lowest BCUT2D eigenvalue weighted by molar-refractivity contribution is 0.00361. The molecule has 160 valence electrons. The molecule has 8 heteroatoms. The maximum atomic E-state index is 10.3. The first kappa shape index (κ1) is 24.4. The van der Waals surface area contributed by atoms with Gasteiger partial charge in [-0.25, -0.2) is 4.79 Å². The minimum absolute atomic E-state index is 0.0462. The van der Waals surface area contributed by atoms with Crippen LogP contribution in [0.2, 0.25) is 0 Å². The molecule has 29 heavy (non-hydrogen) atoms. The topological polar surface area (TPSA) is 120 Å². The van der Waals surface area contributed by atoms with E-state index < -0.39 is 5.97 Å². The summed E-state index contributed by atoms with van der Waals surface area (Å²) in [6.45, 7) is 3.57. The second-order valence-electron chi connectivity index (χ2n) is 5.61. The fourth-order valence-electron chi connectivity index (χ4n) is 2.03. The fourth-order valence-corrected chi connectivity index (χ4v) is 2.03. The van der Waals surface area contributed by atoms with Crippen molar-refractivity contribution in [3.05, 3.63) is 60.2 Å². The van der Waals surface area contributed by atoms with Gasteiger partial charge in [-0.05, 0) is 24.3 Å². The molecular weight excluding hydrogens is 378 g/mol. The minimum Gasteiger partial charge on any atom is -0.491 e. The number of aliphatic hydroxyl groups is 1. The number of aliphatic hydroxyl groups excluding tert-OH is 1. The monoisotopic (exact) mass is 407 g/mol. The largest absolute Gasteiger partial charge is 0.491 e. The molecular formula is C21H29NO7. The molecule has 4 N–H and O–H groups in total. The minimum atomic E-state index is -0.988. The number of para-hydroxylation sites is 2. The van der Waals surface area contributed by atoms with Gasteiger partial charge in [0.05, 0.1) is 51.8 Å². The van der Waals surface area contributed by atoms with Crippen molar-refractivity contribution < 1.29 is 34.0 Å². The molecule has 0 fully saturated rings. The molecule has 0 aliphatic heterocycles. The quantitative estimate of drug-likeness (QED) is 0.341. The smallest absolute Gasteiger partial charge is 0.337 e. The average molecular weight is 407 g/mol. The number of nitrogen functional groups attached to an aromatic ring is 1. The molecule has 0 saturated heterocycles. The van der Waals surface area contributed by atoms with Crippen molar-refractivity contribution in [2.45, 2.75) is 0 Å². The molecule has 0 saturated carbocycles. The first-order valence-electron chi connectivity index (χ1n) is 9.25. The lowest BCUT2D eigenvalue weighted by Gasteiger charge is -2.07. The highest BCUT2D eigenvalue weighted by molar-refractivity contribution is 5.93.